The molecule has 1 amide bonds. The Balaban J connectivity index is 1.87. The zero-order chi connectivity index (χ0) is 16.2. The van der Waals surface area contributed by atoms with Crippen LogP contribution in [0.15, 0.2) is 10.6 Å². The van der Waals surface area contributed by atoms with Gasteiger partial charge in [-0.2, -0.15) is 0 Å². The Bertz CT molecular complexity index is 607. The Kier molecular flexibility index (Phi) is 5.41. The fourth-order valence-corrected chi connectivity index (χ4v) is 3.09. The van der Waals surface area contributed by atoms with Gasteiger partial charge in [0.05, 0.1) is 12.4 Å². The maximum absolute atomic E-state index is 11.8. The van der Waals surface area contributed by atoms with Gasteiger partial charge in [-0.15, -0.1) is 0 Å². The first-order chi connectivity index (χ1) is 10.4. The van der Waals surface area contributed by atoms with E-state index in [2.05, 4.69) is 10.5 Å². The standard InChI is InChI=1S/C13H21N3O5S/c1-10-8-12(15-21-10)16(22(2,18)19)6-5-13(17)14-9-11-4-3-7-20-11/h8,11H,3-7,9H2,1-2H3,(H,14,17). The molecule has 2 heterocycles. The summed E-state index contributed by atoms with van der Waals surface area (Å²) in [6, 6.07) is 1.52. The van der Waals surface area contributed by atoms with Crippen molar-refractivity contribution in [3.8, 4) is 0 Å². The Morgan fingerprint density at radius 1 is 1.55 bits per heavy atom. The SMILES string of the molecule is Cc1cc(N(CCC(=O)NCC2CCCO2)S(C)(=O)=O)no1. The second-order valence-electron chi connectivity index (χ2n) is 5.32. The van der Waals surface area contributed by atoms with Crippen LogP contribution in [0.5, 0.6) is 0 Å². The molecule has 8 nitrogen and oxygen atoms in total. The summed E-state index contributed by atoms with van der Waals surface area (Å²) in [6.45, 7) is 2.88. The largest absolute Gasteiger partial charge is 0.376 e. The number of nitrogens with zero attached hydrogens (tertiary/aromatic N) is 2. The molecular weight excluding hydrogens is 310 g/mol. The topological polar surface area (TPSA) is 102 Å². The molecule has 0 radical (unpaired) electrons. The van der Waals surface area contributed by atoms with Crippen LogP contribution in [0.3, 0.4) is 0 Å². The molecule has 124 valence electrons. The van der Waals surface area contributed by atoms with Crippen LogP contribution in [0.2, 0.25) is 0 Å². The van der Waals surface area contributed by atoms with Crippen molar-refractivity contribution in [2.75, 3.05) is 30.3 Å². The highest BCUT2D eigenvalue weighted by atomic mass is 32.2. The van der Waals surface area contributed by atoms with Crippen LogP contribution in [0, 0.1) is 6.92 Å². The normalized spacial score (nSPS) is 18.4. The van der Waals surface area contributed by atoms with Crippen LogP contribution >= 0.6 is 0 Å². The van der Waals surface area contributed by atoms with E-state index in [1.165, 1.54) is 6.07 Å². The average molecular weight is 331 g/mol. The highest BCUT2D eigenvalue weighted by Gasteiger charge is 2.22. The van der Waals surface area contributed by atoms with Crippen molar-refractivity contribution in [1.82, 2.24) is 10.5 Å². The Morgan fingerprint density at radius 2 is 2.32 bits per heavy atom. The van der Waals surface area contributed by atoms with E-state index >= 15 is 0 Å². The van der Waals surface area contributed by atoms with Crippen LogP contribution < -0.4 is 9.62 Å². The lowest BCUT2D eigenvalue weighted by molar-refractivity contribution is -0.121. The van der Waals surface area contributed by atoms with Crippen LogP contribution in [-0.2, 0) is 19.6 Å². The van der Waals surface area contributed by atoms with Crippen molar-refractivity contribution in [2.45, 2.75) is 32.3 Å². The van der Waals surface area contributed by atoms with E-state index in [-0.39, 0.29) is 30.8 Å². The minimum Gasteiger partial charge on any atom is -0.376 e. The minimum atomic E-state index is -3.52. The number of carbonyl (C=O) groups excluding carboxylic acids is 1. The molecule has 1 aliphatic rings. The van der Waals surface area contributed by atoms with E-state index in [1.807, 2.05) is 0 Å². The van der Waals surface area contributed by atoms with Gasteiger partial charge in [0.1, 0.15) is 5.76 Å². The van der Waals surface area contributed by atoms with E-state index in [0.717, 1.165) is 30.0 Å². The number of carbonyl (C=O) groups is 1. The lowest BCUT2D eigenvalue weighted by Gasteiger charge is -2.19. The zero-order valence-corrected chi connectivity index (χ0v) is 13.6. The van der Waals surface area contributed by atoms with Gasteiger partial charge in [-0.3, -0.25) is 9.10 Å². The predicted molar refractivity (Wildman–Crippen MR) is 80.0 cm³/mol. The summed E-state index contributed by atoms with van der Waals surface area (Å²) in [5.74, 6) is 0.475. The van der Waals surface area contributed by atoms with Gasteiger partial charge in [0.2, 0.25) is 15.9 Å². The maximum Gasteiger partial charge on any atom is 0.233 e. The van der Waals surface area contributed by atoms with Crippen molar-refractivity contribution in [1.29, 1.82) is 0 Å². The lowest BCUT2D eigenvalue weighted by Crippen LogP contribution is -2.37. The second-order valence-corrected chi connectivity index (χ2v) is 7.23. The van der Waals surface area contributed by atoms with Crippen molar-refractivity contribution >= 4 is 21.7 Å². The highest BCUT2D eigenvalue weighted by Crippen LogP contribution is 2.17. The van der Waals surface area contributed by atoms with Crippen LogP contribution in [-0.4, -0.2) is 51.5 Å². The predicted octanol–water partition coefficient (Wildman–Crippen LogP) is 0.434. The van der Waals surface area contributed by atoms with Gasteiger partial charge in [-0.1, -0.05) is 5.16 Å². The molecule has 1 N–H and O–H groups in total. The van der Waals surface area contributed by atoms with Crippen molar-refractivity contribution < 1.29 is 22.5 Å². The number of anilines is 1. The second kappa shape index (κ2) is 7.10. The summed E-state index contributed by atoms with van der Waals surface area (Å²) in [5, 5.41) is 6.45. The van der Waals surface area contributed by atoms with Gasteiger partial charge in [0.15, 0.2) is 5.82 Å². The lowest BCUT2D eigenvalue weighted by atomic mass is 10.2. The first kappa shape index (κ1) is 16.8. The smallest absolute Gasteiger partial charge is 0.233 e. The van der Waals surface area contributed by atoms with E-state index < -0.39 is 10.0 Å². The molecule has 1 unspecified atom stereocenters. The molecule has 0 aromatic carbocycles. The summed E-state index contributed by atoms with van der Waals surface area (Å²) in [7, 11) is -3.52. The molecule has 0 bridgehead atoms. The first-order valence-corrected chi connectivity index (χ1v) is 9.00. The molecule has 1 saturated heterocycles. The quantitative estimate of drug-likeness (QED) is 0.777. The number of rotatable bonds is 7. The summed E-state index contributed by atoms with van der Waals surface area (Å²) in [4.78, 5) is 11.8. The van der Waals surface area contributed by atoms with Crippen LogP contribution in [0.1, 0.15) is 25.0 Å². The summed E-state index contributed by atoms with van der Waals surface area (Å²) in [6.07, 6.45) is 3.13. The average Bonchev–Trinajstić information content (AvgIpc) is 3.07. The number of hydrogen-bond acceptors (Lipinski definition) is 6. The Morgan fingerprint density at radius 3 is 2.86 bits per heavy atom. The molecule has 0 aliphatic carbocycles. The van der Waals surface area contributed by atoms with Crippen molar-refractivity contribution in [3.63, 3.8) is 0 Å². The molecule has 0 spiro atoms. The van der Waals surface area contributed by atoms with Gasteiger partial charge >= 0.3 is 0 Å². The first-order valence-electron chi connectivity index (χ1n) is 7.15. The van der Waals surface area contributed by atoms with Gasteiger partial charge in [0, 0.05) is 32.2 Å². The molecule has 1 atom stereocenters. The number of aromatic nitrogens is 1. The Hall–Kier alpha value is -1.61. The third-order valence-corrected chi connectivity index (χ3v) is 4.53. The summed E-state index contributed by atoms with van der Waals surface area (Å²) >= 11 is 0. The van der Waals surface area contributed by atoms with Crippen molar-refractivity contribution in [3.05, 3.63) is 11.8 Å². The summed E-state index contributed by atoms with van der Waals surface area (Å²) < 4.78 is 35.0. The van der Waals surface area contributed by atoms with E-state index in [4.69, 9.17) is 9.26 Å². The molecule has 1 fully saturated rings. The third-order valence-electron chi connectivity index (χ3n) is 3.36. The molecule has 22 heavy (non-hydrogen) atoms. The fourth-order valence-electron chi connectivity index (χ4n) is 2.25. The van der Waals surface area contributed by atoms with Gasteiger partial charge < -0.3 is 14.6 Å². The van der Waals surface area contributed by atoms with E-state index in [9.17, 15) is 13.2 Å². The molecule has 2 rings (SSSR count). The monoisotopic (exact) mass is 331 g/mol. The summed E-state index contributed by atoms with van der Waals surface area (Å²) in [5.41, 5.74) is 0. The van der Waals surface area contributed by atoms with Crippen molar-refractivity contribution in [2.24, 2.45) is 0 Å². The molecule has 1 aromatic heterocycles. The number of ether oxygens (including phenoxy) is 1. The molecule has 9 heteroatoms. The zero-order valence-electron chi connectivity index (χ0n) is 12.7. The van der Waals surface area contributed by atoms with Crippen LogP contribution in [0.25, 0.3) is 0 Å². The van der Waals surface area contributed by atoms with E-state index in [1.54, 1.807) is 6.92 Å². The highest BCUT2D eigenvalue weighted by molar-refractivity contribution is 7.92. The van der Waals surface area contributed by atoms with Gasteiger partial charge in [-0.25, -0.2) is 8.42 Å². The van der Waals surface area contributed by atoms with Crippen LogP contribution in [0.4, 0.5) is 5.82 Å². The molecule has 1 aromatic rings. The van der Waals surface area contributed by atoms with E-state index in [0.29, 0.717) is 12.3 Å². The number of hydrogen-bond donors (Lipinski definition) is 1. The maximum atomic E-state index is 11.8. The van der Waals surface area contributed by atoms with Gasteiger partial charge in [-0.05, 0) is 19.8 Å². The Labute approximate surface area is 129 Å². The minimum absolute atomic E-state index is 0.0160. The fraction of sp³-hybridized carbons (Fsp3) is 0.692. The number of nitrogens with one attached hydrogen (secondary N) is 1. The number of aryl methyl sites for hydroxylation is 1. The molecule has 0 saturated carbocycles. The molecular formula is C13H21N3O5S. The number of sulfonamides is 1. The van der Waals surface area contributed by atoms with Gasteiger partial charge in [0.25, 0.3) is 0 Å². The number of amides is 1. The molecule has 1 aliphatic heterocycles. The third kappa shape index (κ3) is 4.70.